The molecule has 10 nitrogen and oxygen atoms in total. The van der Waals surface area contributed by atoms with Gasteiger partial charge in [0.2, 0.25) is 23.6 Å². The lowest BCUT2D eigenvalue weighted by Gasteiger charge is -2.25. The van der Waals surface area contributed by atoms with Crippen molar-refractivity contribution < 1.29 is 28.8 Å². The standard InChI is InChI=1S/C20H37N3O4.C13H25NO2/c1-7-8-9-16(12-24)22-19(26)18(11-14(4)5)23-20(27)17(10-13(2)3)21-15(6)25;1-5-6-7-12(9-15)14-13(16)11(4)8-10(2)3/h12-14,16-18H,7-11H2,1-6H3,(H,21,25)(H,22,26)(H,23,27);9-12H,5-8H2,1-4H3,(H,14,16)/t16-,17-,18-;11-,12-/m11/s1. The van der Waals surface area contributed by atoms with Gasteiger partial charge in [-0.1, -0.05) is 88.0 Å². The Morgan fingerprint density at radius 3 is 1.28 bits per heavy atom. The molecule has 0 saturated heterocycles. The van der Waals surface area contributed by atoms with Crippen LogP contribution in [0.1, 0.15) is 127 Å². The molecule has 0 radical (unpaired) electrons. The Bertz CT molecular complexity index is 830. The summed E-state index contributed by atoms with van der Waals surface area (Å²) in [6, 6.07) is -2.29. The van der Waals surface area contributed by atoms with Crippen molar-refractivity contribution in [3.63, 3.8) is 0 Å². The van der Waals surface area contributed by atoms with Crippen molar-refractivity contribution in [2.75, 3.05) is 0 Å². The maximum atomic E-state index is 12.7. The van der Waals surface area contributed by atoms with E-state index < -0.39 is 18.1 Å². The zero-order chi connectivity index (χ0) is 33.5. The van der Waals surface area contributed by atoms with Crippen LogP contribution in [-0.4, -0.2) is 60.4 Å². The molecule has 0 rings (SSSR count). The van der Waals surface area contributed by atoms with Crippen LogP contribution in [0, 0.1) is 23.7 Å². The molecule has 0 aliphatic heterocycles. The lowest BCUT2D eigenvalue weighted by atomic mass is 9.97. The highest BCUT2D eigenvalue weighted by Crippen LogP contribution is 2.12. The molecule has 0 saturated carbocycles. The van der Waals surface area contributed by atoms with Gasteiger partial charge in [0.05, 0.1) is 12.1 Å². The molecule has 0 bridgehead atoms. The number of rotatable bonds is 21. The number of unbranched alkanes of at least 4 members (excludes halogenated alkanes) is 2. The summed E-state index contributed by atoms with van der Waals surface area (Å²) in [6.45, 7) is 19.4. The van der Waals surface area contributed by atoms with Gasteiger partial charge in [0.1, 0.15) is 24.7 Å². The van der Waals surface area contributed by atoms with E-state index in [1.807, 2.05) is 41.5 Å². The van der Waals surface area contributed by atoms with Gasteiger partial charge in [0.15, 0.2) is 0 Å². The number of hydrogen-bond acceptors (Lipinski definition) is 6. The summed E-state index contributed by atoms with van der Waals surface area (Å²) in [5, 5.41) is 10.9. The highest BCUT2D eigenvalue weighted by atomic mass is 16.2. The van der Waals surface area contributed by atoms with Crippen molar-refractivity contribution >= 4 is 36.2 Å². The Labute approximate surface area is 261 Å². The van der Waals surface area contributed by atoms with Gasteiger partial charge in [-0.3, -0.25) is 19.2 Å². The first-order valence-corrected chi connectivity index (χ1v) is 16.2. The van der Waals surface area contributed by atoms with Crippen LogP contribution in [0.4, 0.5) is 0 Å². The average molecular weight is 611 g/mol. The molecule has 0 unspecified atom stereocenters. The molecule has 4 amide bonds. The molecule has 250 valence electrons. The second-order valence-corrected chi connectivity index (χ2v) is 12.9. The first-order chi connectivity index (χ1) is 20.1. The third-order valence-corrected chi connectivity index (χ3v) is 6.73. The number of carbonyl (C=O) groups excluding carboxylic acids is 6. The fourth-order valence-electron chi connectivity index (χ4n) is 4.54. The van der Waals surface area contributed by atoms with E-state index in [0.717, 1.165) is 51.1 Å². The van der Waals surface area contributed by atoms with E-state index in [-0.39, 0.29) is 47.4 Å². The van der Waals surface area contributed by atoms with E-state index in [1.165, 1.54) is 6.92 Å². The van der Waals surface area contributed by atoms with Crippen LogP contribution in [0.25, 0.3) is 0 Å². The van der Waals surface area contributed by atoms with Gasteiger partial charge < -0.3 is 30.9 Å². The summed E-state index contributed by atoms with van der Waals surface area (Å²) in [4.78, 5) is 70.4. The number of nitrogens with one attached hydrogen (secondary N) is 4. The molecule has 4 N–H and O–H groups in total. The summed E-state index contributed by atoms with van der Waals surface area (Å²) >= 11 is 0. The summed E-state index contributed by atoms with van der Waals surface area (Å²) in [7, 11) is 0. The van der Waals surface area contributed by atoms with Gasteiger partial charge in [-0.15, -0.1) is 0 Å². The van der Waals surface area contributed by atoms with E-state index in [4.69, 9.17) is 0 Å². The van der Waals surface area contributed by atoms with Crippen LogP contribution in [-0.2, 0) is 28.8 Å². The first-order valence-electron chi connectivity index (χ1n) is 16.2. The summed E-state index contributed by atoms with van der Waals surface area (Å²) < 4.78 is 0. The average Bonchev–Trinajstić information content (AvgIpc) is 2.91. The predicted molar refractivity (Wildman–Crippen MR) is 172 cm³/mol. The van der Waals surface area contributed by atoms with Crippen LogP contribution >= 0.6 is 0 Å². The van der Waals surface area contributed by atoms with Crippen molar-refractivity contribution in [2.45, 2.75) is 151 Å². The SMILES string of the molecule is CCCC[C@H](C=O)NC(=O)[C@@H](CC(C)C)NC(=O)[C@@H](CC(C)C)NC(C)=O.CCCC[C@H](C=O)NC(=O)[C@H](C)CC(C)C. The second-order valence-electron chi connectivity index (χ2n) is 12.9. The number of aldehydes is 2. The quantitative estimate of drug-likeness (QED) is 0.141. The van der Waals surface area contributed by atoms with Gasteiger partial charge in [0.25, 0.3) is 0 Å². The topological polar surface area (TPSA) is 151 Å². The van der Waals surface area contributed by atoms with E-state index in [9.17, 15) is 28.8 Å². The Balaban J connectivity index is 0. The maximum absolute atomic E-state index is 12.7. The second kappa shape index (κ2) is 24.6. The van der Waals surface area contributed by atoms with Crippen LogP contribution in [0.15, 0.2) is 0 Å². The molecule has 0 aromatic heterocycles. The van der Waals surface area contributed by atoms with Crippen molar-refractivity contribution in [1.82, 2.24) is 21.3 Å². The smallest absolute Gasteiger partial charge is 0.243 e. The molecule has 0 aliphatic rings. The Morgan fingerprint density at radius 1 is 0.558 bits per heavy atom. The monoisotopic (exact) mass is 610 g/mol. The lowest BCUT2D eigenvalue weighted by Crippen LogP contribution is -2.55. The molecule has 0 aromatic carbocycles. The van der Waals surface area contributed by atoms with Crippen molar-refractivity contribution in [3.8, 4) is 0 Å². The summed E-state index contributed by atoms with van der Waals surface area (Å²) in [5.41, 5.74) is 0. The molecular weight excluding hydrogens is 548 g/mol. The zero-order valence-corrected chi connectivity index (χ0v) is 28.6. The molecule has 0 aromatic rings. The number of carbonyl (C=O) groups is 6. The van der Waals surface area contributed by atoms with E-state index in [1.54, 1.807) is 0 Å². The van der Waals surface area contributed by atoms with Gasteiger partial charge in [-0.2, -0.15) is 0 Å². The highest BCUT2D eigenvalue weighted by Gasteiger charge is 2.28. The molecule has 0 spiro atoms. The molecule has 43 heavy (non-hydrogen) atoms. The minimum atomic E-state index is -0.745. The van der Waals surface area contributed by atoms with E-state index >= 15 is 0 Å². The number of hydrogen-bond donors (Lipinski definition) is 4. The first kappa shape index (κ1) is 42.4. The molecule has 10 heteroatoms. The summed E-state index contributed by atoms with van der Waals surface area (Å²) in [5.74, 6) is -0.153. The van der Waals surface area contributed by atoms with Crippen LogP contribution in [0.3, 0.4) is 0 Å². The fraction of sp³-hybridized carbons (Fsp3) is 0.818. The van der Waals surface area contributed by atoms with Gasteiger partial charge in [-0.05, 0) is 49.9 Å². The maximum Gasteiger partial charge on any atom is 0.243 e. The van der Waals surface area contributed by atoms with Crippen molar-refractivity contribution in [2.24, 2.45) is 23.7 Å². The largest absolute Gasteiger partial charge is 0.346 e. The fourth-order valence-corrected chi connectivity index (χ4v) is 4.54. The van der Waals surface area contributed by atoms with E-state index in [2.05, 4.69) is 42.0 Å². The van der Waals surface area contributed by atoms with Crippen LogP contribution in [0.5, 0.6) is 0 Å². The minimum absolute atomic E-state index is 0.00176. The molecule has 0 fully saturated rings. The Hall–Kier alpha value is -2.78. The van der Waals surface area contributed by atoms with Crippen LogP contribution < -0.4 is 21.3 Å². The van der Waals surface area contributed by atoms with Crippen LogP contribution in [0.2, 0.25) is 0 Å². The molecule has 5 atom stereocenters. The third-order valence-electron chi connectivity index (χ3n) is 6.73. The summed E-state index contributed by atoms with van der Waals surface area (Å²) in [6.07, 6.45) is 8.49. The third kappa shape index (κ3) is 22.4. The van der Waals surface area contributed by atoms with Crippen molar-refractivity contribution in [1.29, 1.82) is 0 Å². The Kier molecular flexibility index (Phi) is 24.3. The zero-order valence-electron chi connectivity index (χ0n) is 28.6. The molecular formula is C33H62N4O6. The number of amides is 4. The molecule has 0 aliphatic carbocycles. The van der Waals surface area contributed by atoms with Crippen molar-refractivity contribution in [3.05, 3.63) is 0 Å². The van der Waals surface area contributed by atoms with Gasteiger partial charge in [-0.25, -0.2) is 0 Å². The lowest BCUT2D eigenvalue weighted by molar-refractivity contribution is -0.133. The highest BCUT2D eigenvalue weighted by molar-refractivity contribution is 5.92. The predicted octanol–water partition coefficient (Wildman–Crippen LogP) is 4.48. The van der Waals surface area contributed by atoms with Gasteiger partial charge >= 0.3 is 0 Å². The Morgan fingerprint density at radius 2 is 0.930 bits per heavy atom. The normalized spacial score (nSPS) is 14.4. The minimum Gasteiger partial charge on any atom is -0.346 e. The van der Waals surface area contributed by atoms with Gasteiger partial charge in [0, 0.05) is 12.8 Å². The van der Waals surface area contributed by atoms with E-state index in [0.29, 0.717) is 25.2 Å². The molecule has 0 heterocycles.